The Bertz CT molecular complexity index is 1200. The number of para-hydroxylation sites is 3. The number of carbonyl (C=O) groups excluding carboxylic acids is 3. The van der Waals surface area contributed by atoms with Gasteiger partial charge in [-0.25, -0.2) is 0 Å². The van der Waals surface area contributed by atoms with E-state index in [-0.39, 0.29) is 16.7 Å². The van der Waals surface area contributed by atoms with Gasteiger partial charge in [-0.15, -0.1) is 0 Å². The van der Waals surface area contributed by atoms with Crippen LogP contribution < -0.4 is 16.0 Å². The maximum atomic E-state index is 13.3. The van der Waals surface area contributed by atoms with Crippen molar-refractivity contribution >= 4 is 34.8 Å². The van der Waals surface area contributed by atoms with Crippen molar-refractivity contribution in [1.29, 1.82) is 0 Å². The SMILES string of the molecule is O=C(Nc1ccccc1)c1cccc(C(=O)Nc2ccccc2)c1C(=O)Nc1ccccc1. The van der Waals surface area contributed by atoms with E-state index in [4.69, 9.17) is 0 Å². The lowest BCUT2D eigenvalue weighted by Crippen LogP contribution is -2.25. The topological polar surface area (TPSA) is 87.3 Å². The fourth-order valence-electron chi connectivity index (χ4n) is 3.33. The lowest BCUT2D eigenvalue weighted by Gasteiger charge is -2.15. The molecule has 0 bridgehead atoms. The van der Waals surface area contributed by atoms with Crippen molar-refractivity contribution in [1.82, 2.24) is 0 Å². The van der Waals surface area contributed by atoms with Gasteiger partial charge in [-0.2, -0.15) is 0 Å². The maximum absolute atomic E-state index is 13.3. The fourth-order valence-corrected chi connectivity index (χ4v) is 3.33. The minimum Gasteiger partial charge on any atom is -0.322 e. The summed E-state index contributed by atoms with van der Waals surface area (Å²) in [6, 6.07) is 31.3. The van der Waals surface area contributed by atoms with Crippen molar-refractivity contribution in [2.24, 2.45) is 0 Å². The number of nitrogens with one attached hydrogen (secondary N) is 3. The second-order valence-corrected chi connectivity index (χ2v) is 7.19. The summed E-state index contributed by atoms with van der Waals surface area (Å²) in [6.45, 7) is 0. The lowest BCUT2D eigenvalue weighted by molar-refractivity contribution is 0.0978. The van der Waals surface area contributed by atoms with Crippen molar-refractivity contribution in [2.75, 3.05) is 16.0 Å². The number of rotatable bonds is 6. The molecular weight excluding hydrogens is 414 g/mol. The normalized spacial score (nSPS) is 10.2. The molecule has 6 heteroatoms. The molecule has 0 saturated carbocycles. The van der Waals surface area contributed by atoms with Crippen LogP contribution in [-0.4, -0.2) is 17.7 Å². The molecule has 0 aliphatic rings. The highest BCUT2D eigenvalue weighted by Gasteiger charge is 2.25. The first kappa shape index (κ1) is 21.5. The standard InChI is InChI=1S/C27H21N3O3/c31-25(28-19-11-4-1-5-12-19)22-17-10-18-23(26(32)29-20-13-6-2-7-14-20)24(22)27(33)30-21-15-8-3-9-16-21/h1-18H,(H,28,31)(H,29,32)(H,30,33). The van der Waals surface area contributed by atoms with E-state index in [2.05, 4.69) is 16.0 Å². The van der Waals surface area contributed by atoms with Crippen LogP contribution in [0, 0.1) is 0 Å². The average Bonchev–Trinajstić information content (AvgIpc) is 2.85. The van der Waals surface area contributed by atoms with Gasteiger partial charge >= 0.3 is 0 Å². The van der Waals surface area contributed by atoms with E-state index in [9.17, 15) is 14.4 Å². The van der Waals surface area contributed by atoms with Crippen LogP contribution in [-0.2, 0) is 0 Å². The predicted molar refractivity (Wildman–Crippen MR) is 130 cm³/mol. The third-order valence-electron chi connectivity index (χ3n) is 4.88. The summed E-state index contributed by atoms with van der Waals surface area (Å²) >= 11 is 0. The Morgan fingerprint density at radius 2 is 0.727 bits per heavy atom. The van der Waals surface area contributed by atoms with Crippen molar-refractivity contribution in [3.63, 3.8) is 0 Å². The van der Waals surface area contributed by atoms with E-state index in [0.29, 0.717) is 17.1 Å². The molecule has 0 saturated heterocycles. The average molecular weight is 435 g/mol. The first-order chi connectivity index (χ1) is 16.1. The van der Waals surface area contributed by atoms with Gasteiger partial charge < -0.3 is 16.0 Å². The zero-order chi connectivity index (χ0) is 23.0. The number of benzene rings is 4. The molecule has 6 nitrogen and oxygen atoms in total. The molecule has 0 aliphatic heterocycles. The second kappa shape index (κ2) is 10.1. The highest BCUT2D eigenvalue weighted by Crippen LogP contribution is 2.21. The molecule has 0 atom stereocenters. The van der Waals surface area contributed by atoms with Gasteiger partial charge in [0.2, 0.25) is 0 Å². The van der Waals surface area contributed by atoms with E-state index in [1.807, 2.05) is 18.2 Å². The van der Waals surface area contributed by atoms with Gasteiger partial charge in [-0.1, -0.05) is 60.7 Å². The zero-order valence-corrected chi connectivity index (χ0v) is 17.6. The van der Waals surface area contributed by atoms with E-state index in [0.717, 1.165) is 0 Å². The molecule has 4 aromatic rings. The summed E-state index contributed by atoms with van der Waals surface area (Å²) in [5.74, 6) is -1.54. The van der Waals surface area contributed by atoms with E-state index < -0.39 is 17.7 Å². The van der Waals surface area contributed by atoms with Gasteiger partial charge in [0.25, 0.3) is 17.7 Å². The van der Waals surface area contributed by atoms with Crippen LogP contribution in [0.25, 0.3) is 0 Å². The molecule has 4 aromatic carbocycles. The second-order valence-electron chi connectivity index (χ2n) is 7.19. The molecule has 33 heavy (non-hydrogen) atoms. The molecule has 0 aliphatic carbocycles. The highest BCUT2D eigenvalue weighted by atomic mass is 16.2. The van der Waals surface area contributed by atoms with E-state index in [1.54, 1.807) is 78.9 Å². The van der Waals surface area contributed by atoms with Crippen LogP contribution in [0.4, 0.5) is 17.1 Å². The smallest absolute Gasteiger partial charge is 0.257 e. The minimum absolute atomic E-state index is 0.0109. The Morgan fingerprint density at radius 1 is 0.394 bits per heavy atom. The third kappa shape index (κ3) is 5.32. The molecule has 0 radical (unpaired) electrons. The molecule has 162 valence electrons. The van der Waals surface area contributed by atoms with Gasteiger partial charge in [0.1, 0.15) is 0 Å². The van der Waals surface area contributed by atoms with Gasteiger partial charge in [-0.3, -0.25) is 14.4 Å². The predicted octanol–water partition coefficient (Wildman–Crippen LogP) is 5.44. The first-order valence-electron chi connectivity index (χ1n) is 10.3. The van der Waals surface area contributed by atoms with Crippen molar-refractivity contribution in [3.05, 3.63) is 126 Å². The van der Waals surface area contributed by atoms with Crippen LogP contribution in [0.15, 0.2) is 109 Å². The molecule has 0 unspecified atom stereocenters. The van der Waals surface area contributed by atoms with E-state index >= 15 is 0 Å². The first-order valence-corrected chi connectivity index (χ1v) is 10.3. The largest absolute Gasteiger partial charge is 0.322 e. The molecule has 0 fully saturated rings. The highest BCUT2D eigenvalue weighted by molar-refractivity contribution is 6.21. The van der Waals surface area contributed by atoms with Gasteiger partial charge in [0, 0.05) is 17.1 Å². The van der Waals surface area contributed by atoms with Crippen LogP contribution in [0.5, 0.6) is 0 Å². The maximum Gasteiger partial charge on any atom is 0.257 e. The van der Waals surface area contributed by atoms with Crippen LogP contribution in [0.1, 0.15) is 31.1 Å². The molecule has 3 amide bonds. The third-order valence-corrected chi connectivity index (χ3v) is 4.88. The summed E-state index contributed by atoms with van der Waals surface area (Å²) < 4.78 is 0. The fraction of sp³-hybridized carbons (Fsp3) is 0. The quantitative estimate of drug-likeness (QED) is 0.377. The molecular formula is C27H21N3O3. The van der Waals surface area contributed by atoms with Crippen molar-refractivity contribution in [2.45, 2.75) is 0 Å². The summed E-state index contributed by atoms with van der Waals surface area (Å²) in [6.07, 6.45) is 0. The van der Waals surface area contributed by atoms with E-state index in [1.165, 1.54) is 12.1 Å². The summed E-state index contributed by atoms with van der Waals surface area (Å²) in [7, 11) is 0. The number of anilines is 3. The summed E-state index contributed by atoms with van der Waals surface area (Å²) in [5, 5.41) is 8.34. The van der Waals surface area contributed by atoms with Crippen LogP contribution in [0.2, 0.25) is 0 Å². The Labute approximate surface area is 191 Å². The molecule has 3 N–H and O–H groups in total. The molecule has 0 spiro atoms. The Balaban J connectivity index is 1.72. The van der Waals surface area contributed by atoms with Gasteiger partial charge in [0.15, 0.2) is 0 Å². The Kier molecular flexibility index (Phi) is 6.56. The summed E-state index contributed by atoms with van der Waals surface area (Å²) in [4.78, 5) is 39.5. The Morgan fingerprint density at radius 3 is 1.09 bits per heavy atom. The van der Waals surface area contributed by atoms with Gasteiger partial charge in [0.05, 0.1) is 16.7 Å². The van der Waals surface area contributed by atoms with Crippen molar-refractivity contribution < 1.29 is 14.4 Å². The molecule has 0 heterocycles. The minimum atomic E-state index is -0.557. The summed E-state index contributed by atoms with van der Waals surface area (Å²) in [5.41, 5.74) is 1.88. The number of amides is 3. The van der Waals surface area contributed by atoms with Crippen LogP contribution in [0.3, 0.4) is 0 Å². The monoisotopic (exact) mass is 435 g/mol. The zero-order valence-electron chi connectivity index (χ0n) is 17.6. The van der Waals surface area contributed by atoms with Crippen LogP contribution >= 0.6 is 0 Å². The number of hydrogen-bond donors (Lipinski definition) is 3. The lowest BCUT2D eigenvalue weighted by atomic mass is 9.98. The number of carbonyl (C=O) groups is 3. The molecule has 0 aromatic heterocycles. The molecule has 4 rings (SSSR count). The number of hydrogen-bond acceptors (Lipinski definition) is 3. The Hall–Kier alpha value is -4.71. The van der Waals surface area contributed by atoms with Gasteiger partial charge in [-0.05, 0) is 48.5 Å². The van der Waals surface area contributed by atoms with Crippen molar-refractivity contribution in [3.8, 4) is 0 Å².